The Kier molecular flexibility index (Phi) is 4.51. The Morgan fingerprint density at radius 3 is 2.73 bits per heavy atom. The van der Waals surface area contributed by atoms with E-state index in [1.54, 1.807) is 10.9 Å². The Hall–Kier alpha value is -2.60. The fourth-order valence-electron chi connectivity index (χ4n) is 3.53. The summed E-state index contributed by atoms with van der Waals surface area (Å²) >= 11 is 0. The summed E-state index contributed by atoms with van der Waals surface area (Å²) in [5.41, 5.74) is 2.97. The van der Waals surface area contributed by atoms with Crippen molar-refractivity contribution in [2.24, 2.45) is 7.05 Å². The van der Waals surface area contributed by atoms with E-state index < -0.39 is 0 Å². The number of ketones is 1. The molecule has 3 aromatic rings. The van der Waals surface area contributed by atoms with Gasteiger partial charge in [-0.2, -0.15) is 5.10 Å². The molecule has 0 unspecified atom stereocenters. The third-order valence-electron chi connectivity index (χ3n) is 5.16. The summed E-state index contributed by atoms with van der Waals surface area (Å²) < 4.78 is 1.78. The number of carbonyl (C=O) groups is 1. The number of aryl methyl sites for hydroxylation is 1. The number of likely N-dealkylation sites (tertiary alicyclic amines) is 1. The van der Waals surface area contributed by atoms with Crippen LogP contribution in [0.5, 0.6) is 0 Å². The van der Waals surface area contributed by atoms with Crippen molar-refractivity contribution in [1.29, 1.82) is 0 Å². The molecular formula is C20H23N5O. The van der Waals surface area contributed by atoms with Crippen molar-refractivity contribution in [3.05, 3.63) is 42.6 Å². The number of nitrogens with zero attached hydrogens (tertiary/aromatic N) is 5. The average Bonchev–Trinajstić information content (AvgIpc) is 3.32. The van der Waals surface area contributed by atoms with Crippen LogP contribution in [-0.2, 0) is 18.3 Å². The summed E-state index contributed by atoms with van der Waals surface area (Å²) in [6, 6.07) is 6.03. The second kappa shape index (κ2) is 6.96. The smallest absolute Gasteiger partial charge is 0.157 e. The van der Waals surface area contributed by atoms with Gasteiger partial charge in [0.05, 0.1) is 24.2 Å². The molecule has 1 aromatic carbocycles. The van der Waals surface area contributed by atoms with Crippen molar-refractivity contribution in [2.75, 3.05) is 13.1 Å². The molecule has 0 aliphatic carbocycles. The summed E-state index contributed by atoms with van der Waals surface area (Å²) in [4.78, 5) is 23.9. The van der Waals surface area contributed by atoms with E-state index in [-0.39, 0.29) is 18.2 Å². The minimum absolute atomic E-state index is 0.0569. The minimum Gasteiger partial charge on any atom is -0.297 e. The van der Waals surface area contributed by atoms with Gasteiger partial charge in [0.1, 0.15) is 5.82 Å². The maximum atomic E-state index is 12.6. The fraction of sp³-hybridized carbons (Fsp3) is 0.400. The Morgan fingerprint density at radius 1 is 1.19 bits per heavy atom. The molecule has 0 amide bonds. The molecule has 0 bridgehead atoms. The highest BCUT2D eigenvalue weighted by Crippen LogP contribution is 2.23. The van der Waals surface area contributed by atoms with Gasteiger partial charge < -0.3 is 0 Å². The van der Waals surface area contributed by atoms with Crippen LogP contribution in [0.15, 0.2) is 36.8 Å². The lowest BCUT2D eigenvalue weighted by molar-refractivity contribution is -0.122. The standard InChI is InChI=1S/C20H23N5O/c1-14(25-7-3-4-8-25)19(26)10-20-21-11-16-6-5-15(9-18(16)23-20)17-12-22-24(2)13-17/h5-6,9,11-14H,3-4,7-8,10H2,1-2H3/t14-/m1/s1. The van der Waals surface area contributed by atoms with Crippen molar-refractivity contribution in [2.45, 2.75) is 32.2 Å². The second-order valence-electron chi connectivity index (χ2n) is 7.02. The highest BCUT2D eigenvalue weighted by molar-refractivity contribution is 5.86. The minimum atomic E-state index is -0.0569. The van der Waals surface area contributed by atoms with Gasteiger partial charge in [-0.3, -0.25) is 14.4 Å². The van der Waals surface area contributed by atoms with Crippen LogP contribution >= 0.6 is 0 Å². The van der Waals surface area contributed by atoms with E-state index in [0.717, 1.165) is 35.1 Å². The first kappa shape index (κ1) is 16.8. The lowest BCUT2D eigenvalue weighted by Gasteiger charge is -2.22. The van der Waals surface area contributed by atoms with Gasteiger partial charge >= 0.3 is 0 Å². The average molecular weight is 349 g/mol. The zero-order chi connectivity index (χ0) is 18.1. The Labute approximate surface area is 152 Å². The van der Waals surface area contributed by atoms with Crippen molar-refractivity contribution in [3.8, 4) is 11.1 Å². The van der Waals surface area contributed by atoms with Gasteiger partial charge in [-0.25, -0.2) is 9.97 Å². The molecule has 1 fully saturated rings. The van der Waals surface area contributed by atoms with Crippen LogP contribution in [0.2, 0.25) is 0 Å². The summed E-state index contributed by atoms with van der Waals surface area (Å²) in [7, 11) is 1.90. The molecule has 2 aromatic heterocycles. The molecule has 0 radical (unpaired) electrons. The van der Waals surface area contributed by atoms with Gasteiger partial charge in [-0.15, -0.1) is 0 Å². The molecule has 6 nitrogen and oxygen atoms in total. The molecule has 4 rings (SSSR count). The van der Waals surface area contributed by atoms with Gasteiger partial charge in [0, 0.05) is 30.4 Å². The molecule has 1 aliphatic rings. The van der Waals surface area contributed by atoms with E-state index in [1.807, 2.05) is 44.6 Å². The van der Waals surface area contributed by atoms with Crippen LogP contribution in [0, 0.1) is 0 Å². The number of fused-ring (bicyclic) bond motifs is 1. The summed E-state index contributed by atoms with van der Waals surface area (Å²) in [5, 5.41) is 5.20. The molecule has 3 heterocycles. The topological polar surface area (TPSA) is 63.9 Å². The molecule has 0 saturated carbocycles. The van der Waals surface area contributed by atoms with E-state index in [4.69, 9.17) is 0 Å². The maximum absolute atomic E-state index is 12.6. The molecule has 6 heteroatoms. The lowest BCUT2D eigenvalue weighted by atomic mass is 10.1. The number of rotatable bonds is 5. The number of aromatic nitrogens is 4. The van der Waals surface area contributed by atoms with E-state index >= 15 is 0 Å². The third-order valence-corrected chi connectivity index (χ3v) is 5.16. The predicted molar refractivity (Wildman–Crippen MR) is 101 cm³/mol. The molecule has 26 heavy (non-hydrogen) atoms. The largest absolute Gasteiger partial charge is 0.297 e. The first-order chi connectivity index (χ1) is 12.6. The van der Waals surface area contributed by atoms with Gasteiger partial charge in [-0.1, -0.05) is 12.1 Å². The van der Waals surface area contributed by atoms with Gasteiger partial charge in [0.2, 0.25) is 0 Å². The molecule has 134 valence electrons. The second-order valence-corrected chi connectivity index (χ2v) is 7.02. The van der Waals surface area contributed by atoms with Crippen LogP contribution in [0.25, 0.3) is 22.0 Å². The van der Waals surface area contributed by atoms with E-state index in [0.29, 0.717) is 5.82 Å². The molecule has 1 saturated heterocycles. The van der Waals surface area contributed by atoms with Crippen molar-refractivity contribution >= 4 is 16.7 Å². The Morgan fingerprint density at radius 2 is 2.00 bits per heavy atom. The normalized spacial score (nSPS) is 16.2. The van der Waals surface area contributed by atoms with Crippen LogP contribution in [-0.4, -0.2) is 49.6 Å². The third kappa shape index (κ3) is 3.37. The molecule has 1 atom stereocenters. The predicted octanol–water partition coefficient (Wildman–Crippen LogP) is 2.63. The number of benzene rings is 1. The first-order valence-corrected chi connectivity index (χ1v) is 9.11. The van der Waals surface area contributed by atoms with Crippen molar-refractivity contribution < 1.29 is 4.79 Å². The summed E-state index contributed by atoms with van der Waals surface area (Å²) in [5.74, 6) is 0.784. The monoisotopic (exact) mass is 349 g/mol. The molecular weight excluding hydrogens is 326 g/mol. The van der Waals surface area contributed by atoms with E-state index in [1.165, 1.54) is 12.8 Å². The Bertz CT molecular complexity index is 942. The maximum Gasteiger partial charge on any atom is 0.157 e. The van der Waals surface area contributed by atoms with Crippen LogP contribution < -0.4 is 0 Å². The number of hydrogen-bond donors (Lipinski definition) is 0. The lowest BCUT2D eigenvalue weighted by Crippen LogP contribution is -2.37. The molecule has 1 aliphatic heterocycles. The highest BCUT2D eigenvalue weighted by Gasteiger charge is 2.24. The number of hydrogen-bond acceptors (Lipinski definition) is 5. The number of carbonyl (C=O) groups excluding carboxylic acids is 1. The van der Waals surface area contributed by atoms with Gasteiger partial charge in [-0.05, 0) is 44.5 Å². The fourth-order valence-corrected chi connectivity index (χ4v) is 3.53. The van der Waals surface area contributed by atoms with E-state index in [9.17, 15) is 4.79 Å². The van der Waals surface area contributed by atoms with Crippen molar-refractivity contribution in [1.82, 2.24) is 24.6 Å². The van der Waals surface area contributed by atoms with Crippen molar-refractivity contribution in [3.63, 3.8) is 0 Å². The van der Waals surface area contributed by atoms with E-state index in [2.05, 4.69) is 20.0 Å². The van der Waals surface area contributed by atoms with Crippen LogP contribution in [0.1, 0.15) is 25.6 Å². The quantitative estimate of drug-likeness (QED) is 0.708. The van der Waals surface area contributed by atoms with Gasteiger partial charge in [0.15, 0.2) is 5.78 Å². The zero-order valence-corrected chi connectivity index (χ0v) is 15.2. The summed E-state index contributed by atoms with van der Waals surface area (Å²) in [6.45, 7) is 4.02. The Balaban J connectivity index is 1.57. The molecule has 0 spiro atoms. The van der Waals surface area contributed by atoms with Crippen LogP contribution in [0.3, 0.4) is 0 Å². The zero-order valence-electron chi connectivity index (χ0n) is 15.2. The SMILES string of the molecule is C[C@H](C(=O)Cc1ncc2ccc(-c3cnn(C)c3)cc2n1)N1CCCC1. The number of Topliss-reactive ketones (excluding diaryl/α,β-unsaturated/α-hetero) is 1. The highest BCUT2D eigenvalue weighted by atomic mass is 16.1. The first-order valence-electron chi connectivity index (χ1n) is 9.11. The van der Waals surface area contributed by atoms with Gasteiger partial charge in [0.25, 0.3) is 0 Å². The molecule has 0 N–H and O–H groups in total. The summed E-state index contributed by atoms with van der Waals surface area (Å²) in [6.07, 6.45) is 8.26. The van der Waals surface area contributed by atoms with Crippen LogP contribution in [0.4, 0.5) is 0 Å².